The Kier molecular flexibility index (Phi) is 3.63. The zero-order chi connectivity index (χ0) is 13.1. The number of carboxylic acids is 1. The predicted molar refractivity (Wildman–Crippen MR) is 72.7 cm³/mol. The van der Waals surface area contributed by atoms with Gasteiger partial charge in [0.15, 0.2) is 0 Å². The minimum atomic E-state index is -0.793. The Morgan fingerprint density at radius 2 is 1.89 bits per heavy atom. The molecule has 0 heterocycles. The molecule has 2 N–H and O–H groups in total. The summed E-state index contributed by atoms with van der Waals surface area (Å²) in [6.07, 6.45) is 0.0911. The van der Waals surface area contributed by atoms with Gasteiger partial charge in [-0.25, -0.2) is 0 Å². The molecule has 0 aromatic heterocycles. The number of benzene rings is 2. The van der Waals surface area contributed by atoms with Crippen LogP contribution in [0.15, 0.2) is 36.4 Å². The molecular formula is C15H17NO2. The lowest BCUT2D eigenvalue weighted by molar-refractivity contribution is -0.137. The predicted octanol–water partition coefficient (Wildman–Crippen LogP) is 2.88. The Bertz CT molecular complexity index is 578. The summed E-state index contributed by atoms with van der Waals surface area (Å²) in [4.78, 5) is 10.8. The van der Waals surface area contributed by atoms with Gasteiger partial charge in [-0.2, -0.15) is 0 Å². The van der Waals surface area contributed by atoms with E-state index >= 15 is 0 Å². The first-order chi connectivity index (χ1) is 8.60. The monoisotopic (exact) mass is 243 g/mol. The van der Waals surface area contributed by atoms with Gasteiger partial charge >= 0.3 is 5.97 Å². The second-order valence-corrected chi connectivity index (χ2v) is 4.55. The average molecular weight is 243 g/mol. The SMILES string of the molecule is CNC(CC(=O)O)c1ccc2cc(C)ccc2c1. The number of rotatable bonds is 4. The van der Waals surface area contributed by atoms with Crippen molar-refractivity contribution in [3.05, 3.63) is 47.5 Å². The molecule has 0 bridgehead atoms. The van der Waals surface area contributed by atoms with E-state index in [2.05, 4.69) is 36.5 Å². The van der Waals surface area contributed by atoms with Crippen molar-refractivity contribution in [1.29, 1.82) is 0 Å². The van der Waals surface area contributed by atoms with Crippen molar-refractivity contribution in [3.63, 3.8) is 0 Å². The summed E-state index contributed by atoms with van der Waals surface area (Å²) in [7, 11) is 1.78. The second-order valence-electron chi connectivity index (χ2n) is 4.55. The number of aryl methyl sites for hydroxylation is 1. The van der Waals surface area contributed by atoms with Crippen molar-refractivity contribution in [2.75, 3.05) is 7.05 Å². The van der Waals surface area contributed by atoms with Gasteiger partial charge < -0.3 is 10.4 Å². The first-order valence-corrected chi connectivity index (χ1v) is 5.99. The lowest BCUT2D eigenvalue weighted by Gasteiger charge is -2.15. The van der Waals surface area contributed by atoms with Gasteiger partial charge in [-0.05, 0) is 36.4 Å². The summed E-state index contributed by atoms with van der Waals surface area (Å²) in [6.45, 7) is 2.06. The molecule has 1 atom stereocenters. The Balaban J connectivity index is 2.39. The van der Waals surface area contributed by atoms with Crippen LogP contribution in [0.1, 0.15) is 23.6 Å². The summed E-state index contributed by atoms with van der Waals surface area (Å²) in [6, 6.07) is 12.2. The van der Waals surface area contributed by atoms with Gasteiger partial charge in [0.05, 0.1) is 6.42 Å². The molecule has 2 aromatic rings. The minimum Gasteiger partial charge on any atom is -0.481 e. The van der Waals surface area contributed by atoms with Crippen LogP contribution in [0.3, 0.4) is 0 Å². The van der Waals surface area contributed by atoms with E-state index in [1.165, 1.54) is 10.9 Å². The maximum atomic E-state index is 10.8. The van der Waals surface area contributed by atoms with Crippen molar-refractivity contribution < 1.29 is 9.90 Å². The molecular weight excluding hydrogens is 226 g/mol. The van der Waals surface area contributed by atoms with Crippen molar-refractivity contribution >= 4 is 16.7 Å². The zero-order valence-electron chi connectivity index (χ0n) is 10.6. The van der Waals surface area contributed by atoms with Gasteiger partial charge in [-0.15, -0.1) is 0 Å². The molecule has 0 radical (unpaired) electrons. The quantitative estimate of drug-likeness (QED) is 0.868. The van der Waals surface area contributed by atoms with Gasteiger partial charge in [-0.3, -0.25) is 4.79 Å². The van der Waals surface area contributed by atoms with E-state index in [-0.39, 0.29) is 12.5 Å². The maximum Gasteiger partial charge on any atom is 0.305 e. The highest BCUT2D eigenvalue weighted by molar-refractivity contribution is 5.84. The summed E-state index contributed by atoms with van der Waals surface area (Å²) in [5.74, 6) is -0.793. The van der Waals surface area contributed by atoms with E-state index < -0.39 is 5.97 Å². The largest absolute Gasteiger partial charge is 0.481 e. The highest BCUT2D eigenvalue weighted by Gasteiger charge is 2.13. The third-order valence-electron chi connectivity index (χ3n) is 3.15. The molecule has 18 heavy (non-hydrogen) atoms. The average Bonchev–Trinajstić information content (AvgIpc) is 2.35. The number of nitrogens with one attached hydrogen (secondary N) is 1. The van der Waals surface area contributed by atoms with Crippen LogP contribution in [0.2, 0.25) is 0 Å². The van der Waals surface area contributed by atoms with Crippen LogP contribution in [0.25, 0.3) is 10.8 Å². The van der Waals surface area contributed by atoms with Crippen molar-refractivity contribution in [1.82, 2.24) is 5.32 Å². The van der Waals surface area contributed by atoms with E-state index in [0.717, 1.165) is 10.9 Å². The van der Waals surface area contributed by atoms with E-state index in [9.17, 15) is 4.79 Å². The first-order valence-electron chi connectivity index (χ1n) is 5.99. The molecule has 1 unspecified atom stereocenters. The molecule has 0 spiro atoms. The van der Waals surface area contributed by atoms with E-state index in [0.29, 0.717) is 0 Å². The molecule has 0 aliphatic heterocycles. The van der Waals surface area contributed by atoms with Crippen molar-refractivity contribution in [2.45, 2.75) is 19.4 Å². The number of carboxylic acid groups (broad SMARTS) is 1. The molecule has 0 saturated carbocycles. The third-order valence-corrected chi connectivity index (χ3v) is 3.15. The normalized spacial score (nSPS) is 12.6. The molecule has 3 nitrogen and oxygen atoms in total. The fraction of sp³-hybridized carbons (Fsp3) is 0.267. The number of hydrogen-bond donors (Lipinski definition) is 2. The van der Waals surface area contributed by atoms with Crippen LogP contribution < -0.4 is 5.32 Å². The number of aliphatic carboxylic acids is 1. The van der Waals surface area contributed by atoms with Crippen LogP contribution in [0.5, 0.6) is 0 Å². The molecule has 0 amide bonds. The maximum absolute atomic E-state index is 10.8. The summed E-state index contributed by atoms with van der Waals surface area (Å²) in [5, 5.41) is 14.3. The second kappa shape index (κ2) is 5.19. The van der Waals surface area contributed by atoms with E-state index in [1.807, 2.05) is 12.1 Å². The van der Waals surface area contributed by atoms with Crippen molar-refractivity contribution in [3.8, 4) is 0 Å². The lowest BCUT2D eigenvalue weighted by Crippen LogP contribution is -2.19. The van der Waals surface area contributed by atoms with Gasteiger partial charge in [0, 0.05) is 6.04 Å². The third kappa shape index (κ3) is 2.68. The van der Waals surface area contributed by atoms with Crippen LogP contribution >= 0.6 is 0 Å². The van der Waals surface area contributed by atoms with E-state index in [4.69, 9.17) is 5.11 Å². The molecule has 0 aliphatic rings. The standard InChI is InChI=1S/C15H17NO2/c1-10-3-4-12-8-13(6-5-11(12)7-10)14(16-2)9-15(17)18/h3-8,14,16H,9H2,1-2H3,(H,17,18). The Morgan fingerprint density at radius 3 is 2.56 bits per heavy atom. The Labute approximate surface area is 106 Å². The summed E-state index contributed by atoms with van der Waals surface area (Å²) in [5.41, 5.74) is 2.24. The van der Waals surface area contributed by atoms with Crippen LogP contribution in [-0.2, 0) is 4.79 Å². The van der Waals surface area contributed by atoms with Crippen LogP contribution in [0.4, 0.5) is 0 Å². The van der Waals surface area contributed by atoms with Gasteiger partial charge in [0.25, 0.3) is 0 Å². The number of hydrogen-bond acceptors (Lipinski definition) is 2. The van der Waals surface area contributed by atoms with Crippen LogP contribution in [-0.4, -0.2) is 18.1 Å². The lowest BCUT2D eigenvalue weighted by atomic mass is 9.99. The molecule has 0 saturated heterocycles. The molecule has 0 aliphatic carbocycles. The van der Waals surface area contributed by atoms with Gasteiger partial charge in [0.2, 0.25) is 0 Å². The number of carbonyl (C=O) groups is 1. The first kappa shape index (κ1) is 12.6. The highest BCUT2D eigenvalue weighted by Crippen LogP contribution is 2.23. The summed E-state index contributed by atoms with van der Waals surface area (Å²) >= 11 is 0. The molecule has 3 heteroatoms. The van der Waals surface area contributed by atoms with Crippen molar-refractivity contribution in [2.24, 2.45) is 0 Å². The topological polar surface area (TPSA) is 49.3 Å². The molecule has 2 aromatic carbocycles. The smallest absolute Gasteiger partial charge is 0.305 e. The summed E-state index contributed by atoms with van der Waals surface area (Å²) < 4.78 is 0. The van der Waals surface area contributed by atoms with Gasteiger partial charge in [-0.1, -0.05) is 35.9 Å². The van der Waals surface area contributed by atoms with Gasteiger partial charge in [0.1, 0.15) is 0 Å². The Hall–Kier alpha value is -1.87. The molecule has 94 valence electrons. The number of fused-ring (bicyclic) bond motifs is 1. The fourth-order valence-electron chi connectivity index (χ4n) is 2.16. The molecule has 0 fully saturated rings. The zero-order valence-corrected chi connectivity index (χ0v) is 10.6. The molecule has 2 rings (SSSR count). The van der Waals surface area contributed by atoms with Crippen LogP contribution in [0, 0.1) is 6.92 Å². The fourth-order valence-corrected chi connectivity index (χ4v) is 2.16. The Morgan fingerprint density at radius 1 is 1.22 bits per heavy atom. The highest BCUT2D eigenvalue weighted by atomic mass is 16.4. The minimum absolute atomic E-state index is 0.0911. The van der Waals surface area contributed by atoms with E-state index in [1.54, 1.807) is 7.05 Å².